The molecule has 0 radical (unpaired) electrons. The van der Waals surface area contributed by atoms with Gasteiger partial charge in [0.15, 0.2) is 0 Å². The van der Waals surface area contributed by atoms with Crippen molar-refractivity contribution in [3.05, 3.63) is 131 Å². The normalized spacial score (nSPS) is 12.1. The lowest BCUT2D eigenvalue weighted by Gasteiger charge is -2.27. The highest BCUT2D eigenvalue weighted by Gasteiger charge is 2.28. The zero-order valence-corrected chi connectivity index (χ0v) is 21.5. The number of hydrogen-bond donors (Lipinski definition) is 1. The third-order valence-electron chi connectivity index (χ3n) is 5.93. The van der Waals surface area contributed by atoms with Crippen molar-refractivity contribution < 1.29 is 13.2 Å². The van der Waals surface area contributed by atoms with Crippen LogP contribution in [-0.4, -0.2) is 20.9 Å². The lowest BCUT2D eigenvalue weighted by Crippen LogP contribution is -2.42. The minimum Gasteiger partial charge on any atom is -0.344 e. The molecule has 1 atom stereocenters. The zero-order chi connectivity index (χ0) is 25.7. The molecule has 1 amide bonds. The Kier molecular flexibility index (Phi) is 7.55. The first kappa shape index (κ1) is 25.2. The van der Waals surface area contributed by atoms with Gasteiger partial charge in [-0.25, -0.2) is 8.42 Å². The summed E-state index contributed by atoms with van der Waals surface area (Å²) in [5.74, 6) is -0.399. The number of nitrogens with one attached hydrogen (secondary N) is 1. The molecule has 4 aromatic rings. The molecule has 4 rings (SSSR count). The van der Waals surface area contributed by atoms with Gasteiger partial charge < -0.3 is 5.32 Å². The molecule has 0 bridgehead atoms. The van der Waals surface area contributed by atoms with Crippen LogP contribution in [0.1, 0.15) is 33.9 Å². The molecule has 1 unspecified atom stereocenters. The summed E-state index contributed by atoms with van der Waals surface area (Å²) in [6.07, 6.45) is 0. The van der Waals surface area contributed by atoms with Gasteiger partial charge in [0.25, 0.3) is 10.0 Å². The Labute approximate surface area is 213 Å². The van der Waals surface area contributed by atoms with Crippen molar-refractivity contribution in [2.75, 3.05) is 10.8 Å². The molecule has 0 aliphatic heterocycles. The Hall–Kier alpha value is -3.90. The van der Waals surface area contributed by atoms with E-state index in [9.17, 15) is 13.2 Å². The van der Waals surface area contributed by atoms with E-state index in [-0.39, 0.29) is 11.4 Å². The second kappa shape index (κ2) is 10.8. The van der Waals surface area contributed by atoms with Crippen LogP contribution >= 0.6 is 0 Å². The van der Waals surface area contributed by atoms with Gasteiger partial charge in [-0.15, -0.1) is 0 Å². The van der Waals surface area contributed by atoms with Crippen molar-refractivity contribution >= 4 is 21.6 Å². The number of anilines is 1. The summed E-state index contributed by atoms with van der Waals surface area (Å²) in [6.45, 7) is 5.47. The van der Waals surface area contributed by atoms with Crippen LogP contribution in [0.2, 0.25) is 0 Å². The average molecular weight is 499 g/mol. The number of nitrogens with zero attached hydrogens (tertiary/aromatic N) is 1. The molecule has 0 spiro atoms. The highest BCUT2D eigenvalue weighted by Crippen LogP contribution is 2.27. The van der Waals surface area contributed by atoms with E-state index in [4.69, 9.17) is 0 Å². The van der Waals surface area contributed by atoms with E-state index in [1.807, 2.05) is 81.4 Å². The number of aryl methyl sites for hydroxylation is 3. The topological polar surface area (TPSA) is 66.5 Å². The van der Waals surface area contributed by atoms with Gasteiger partial charge in [-0.1, -0.05) is 84.4 Å². The third kappa shape index (κ3) is 5.83. The minimum atomic E-state index is -3.98. The van der Waals surface area contributed by atoms with Crippen molar-refractivity contribution in [1.29, 1.82) is 0 Å². The van der Waals surface area contributed by atoms with Gasteiger partial charge in [0, 0.05) is 0 Å². The first-order valence-corrected chi connectivity index (χ1v) is 13.2. The molecule has 0 aliphatic carbocycles. The molecule has 0 aliphatic rings. The maximum Gasteiger partial charge on any atom is 0.264 e. The number of carbonyl (C=O) groups excluding carboxylic acids is 1. The van der Waals surface area contributed by atoms with Gasteiger partial charge >= 0.3 is 0 Å². The lowest BCUT2D eigenvalue weighted by atomic mass is 9.97. The van der Waals surface area contributed by atoms with Crippen molar-refractivity contribution in [3.8, 4) is 0 Å². The molecule has 184 valence electrons. The maximum atomic E-state index is 13.7. The molecule has 36 heavy (non-hydrogen) atoms. The summed E-state index contributed by atoms with van der Waals surface area (Å²) in [5, 5.41) is 3.08. The molecular weight excluding hydrogens is 468 g/mol. The van der Waals surface area contributed by atoms with Crippen LogP contribution < -0.4 is 9.62 Å². The van der Waals surface area contributed by atoms with Gasteiger partial charge in [-0.3, -0.25) is 9.10 Å². The predicted octanol–water partition coefficient (Wildman–Crippen LogP) is 5.71. The van der Waals surface area contributed by atoms with Crippen LogP contribution in [0.5, 0.6) is 0 Å². The van der Waals surface area contributed by atoms with Gasteiger partial charge in [0.1, 0.15) is 6.54 Å². The van der Waals surface area contributed by atoms with E-state index in [0.29, 0.717) is 5.69 Å². The smallest absolute Gasteiger partial charge is 0.264 e. The monoisotopic (exact) mass is 498 g/mol. The molecule has 0 heterocycles. The maximum absolute atomic E-state index is 13.7. The fourth-order valence-electron chi connectivity index (χ4n) is 4.32. The van der Waals surface area contributed by atoms with Crippen LogP contribution in [-0.2, 0) is 14.8 Å². The fourth-order valence-corrected chi connectivity index (χ4v) is 5.75. The number of sulfonamides is 1. The largest absolute Gasteiger partial charge is 0.344 e. The van der Waals surface area contributed by atoms with E-state index in [1.165, 1.54) is 4.31 Å². The summed E-state index contributed by atoms with van der Waals surface area (Å²) in [5.41, 5.74) is 5.21. The molecule has 1 N–H and O–H groups in total. The van der Waals surface area contributed by atoms with E-state index in [0.717, 1.165) is 27.8 Å². The molecule has 0 saturated heterocycles. The predicted molar refractivity (Wildman–Crippen MR) is 144 cm³/mol. The molecular formula is C30H30N2O3S. The highest BCUT2D eigenvalue weighted by molar-refractivity contribution is 7.92. The van der Waals surface area contributed by atoms with Gasteiger partial charge in [-0.05, 0) is 67.3 Å². The standard InChI is InChI=1S/C30H30N2O3S/c1-22-11-10-14-26(18-22)30(25-12-6-4-7-13-25)31-29(33)21-32(27-19-23(2)17-24(3)20-27)36(34,35)28-15-8-5-9-16-28/h4-20,30H,21H2,1-3H3,(H,31,33). The Morgan fingerprint density at radius 1 is 0.722 bits per heavy atom. The van der Waals surface area contributed by atoms with Gasteiger partial charge in [0.05, 0.1) is 16.6 Å². The SMILES string of the molecule is Cc1cccc(C(NC(=O)CN(c2cc(C)cc(C)c2)S(=O)(=O)c2ccccc2)c2ccccc2)c1. The van der Waals surface area contributed by atoms with Crippen LogP contribution in [0, 0.1) is 20.8 Å². The average Bonchev–Trinajstić information content (AvgIpc) is 2.86. The Morgan fingerprint density at radius 2 is 1.31 bits per heavy atom. The van der Waals surface area contributed by atoms with Crippen LogP contribution in [0.4, 0.5) is 5.69 Å². The number of hydrogen-bond acceptors (Lipinski definition) is 3. The van der Waals surface area contributed by atoms with Crippen LogP contribution in [0.15, 0.2) is 108 Å². The fraction of sp³-hybridized carbons (Fsp3) is 0.167. The van der Waals surface area contributed by atoms with E-state index in [2.05, 4.69) is 5.32 Å². The molecule has 6 heteroatoms. The van der Waals surface area contributed by atoms with E-state index in [1.54, 1.807) is 42.5 Å². The Balaban J connectivity index is 1.71. The second-order valence-electron chi connectivity index (χ2n) is 9.00. The summed E-state index contributed by atoms with van der Waals surface area (Å²) in [7, 11) is -3.98. The third-order valence-corrected chi connectivity index (χ3v) is 7.71. The molecule has 0 aromatic heterocycles. The van der Waals surface area contributed by atoms with Gasteiger partial charge in [-0.2, -0.15) is 0 Å². The van der Waals surface area contributed by atoms with Gasteiger partial charge in [0.2, 0.25) is 5.91 Å². The zero-order valence-electron chi connectivity index (χ0n) is 20.7. The van der Waals surface area contributed by atoms with Crippen molar-refractivity contribution in [1.82, 2.24) is 5.32 Å². The summed E-state index contributed by atoms with van der Waals surface area (Å²) < 4.78 is 28.6. The molecule has 0 saturated carbocycles. The second-order valence-corrected chi connectivity index (χ2v) is 10.9. The molecule has 5 nitrogen and oxygen atoms in total. The Morgan fingerprint density at radius 3 is 1.92 bits per heavy atom. The van der Waals surface area contributed by atoms with E-state index >= 15 is 0 Å². The Bertz CT molecular complexity index is 1430. The highest BCUT2D eigenvalue weighted by atomic mass is 32.2. The lowest BCUT2D eigenvalue weighted by molar-refractivity contribution is -0.120. The number of rotatable bonds is 8. The first-order valence-electron chi connectivity index (χ1n) is 11.8. The quantitative estimate of drug-likeness (QED) is 0.338. The summed E-state index contributed by atoms with van der Waals surface area (Å²) in [6, 6.07) is 31.0. The number of benzene rings is 4. The van der Waals surface area contributed by atoms with Crippen molar-refractivity contribution in [2.24, 2.45) is 0 Å². The van der Waals surface area contributed by atoms with Crippen molar-refractivity contribution in [3.63, 3.8) is 0 Å². The number of carbonyl (C=O) groups is 1. The minimum absolute atomic E-state index is 0.134. The van der Waals surface area contributed by atoms with Crippen LogP contribution in [0.3, 0.4) is 0 Å². The van der Waals surface area contributed by atoms with Crippen LogP contribution in [0.25, 0.3) is 0 Å². The van der Waals surface area contributed by atoms with Crippen molar-refractivity contribution in [2.45, 2.75) is 31.7 Å². The number of amides is 1. The summed E-state index contributed by atoms with van der Waals surface area (Å²) in [4.78, 5) is 13.6. The first-order chi connectivity index (χ1) is 17.2. The molecule has 0 fully saturated rings. The summed E-state index contributed by atoms with van der Waals surface area (Å²) >= 11 is 0. The van der Waals surface area contributed by atoms with E-state index < -0.39 is 22.0 Å². The molecule has 4 aromatic carbocycles.